The first-order valence-electron chi connectivity index (χ1n) is 10.4. The average Bonchev–Trinajstić information content (AvgIpc) is 2.74. The highest BCUT2D eigenvalue weighted by molar-refractivity contribution is 6.30. The van der Waals surface area contributed by atoms with E-state index in [1.54, 1.807) is 7.11 Å². The van der Waals surface area contributed by atoms with Crippen LogP contribution in [-0.2, 0) is 14.3 Å². The summed E-state index contributed by atoms with van der Waals surface area (Å²) in [5, 5.41) is 10.7. The largest absolute Gasteiger partial charge is 0.481 e. The van der Waals surface area contributed by atoms with E-state index < -0.39 is 11.9 Å². The third kappa shape index (κ3) is 5.40. The van der Waals surface area contributed by atoms with E-state index in [-0.39, 0.29) is 30.3 Å². The van der Waals surface area contributed by atoms with Crippen LogP contribution in [0, 0.1) is 5.92 Å². The van der Waals surface area contributed by atoms with Gasteiger partial charge in [-0.1, -0.05) is 54.4 Å². The lowest BCUT2D eigenvalue weighted by molar-refractivity contribution is -0.153. The molecule has 2 aromatic rings. The predicted octanol–water partition coefficient (Wildman–Crippen LogP) is 5.57. The Morgan fingerprint density at radius 2 is 1.87 bits per heavy atom. The molecule has 5 nitrogen and oxygen atoms in total. The second-order valence-electron chi connectivity index (χ2n) is 7.95. The molecule has 0 spiro atoms. The fraction of sp³-hybridized carbons (Fsp3) is 0.417. The number of hydrogen-bond acceptors (Lipinski definition) is 3. The Hall–Kier alpha value is -2.08. The van der Waals surface area contributed by atoms with Crippen LogP contribution in [0.3, 0.4) is 0 Å². The summed E-state index contributed by atoms with van der Waals surface area (Å²) in [7, 11) is 1.61. The highest BCUT2D eigenvalue weighted by atomic mass is 35.5. The summed E-state index contributed by atoms with van der Waals surface area (Å²) in [5.41, 5.74) is 1.93. The Balaban J connectivity index is 2.16. The Labute approximate surface area is 192 Å². The van der Waals surface area contributed by atoms with Crippen molar-refractivity contribution in [2.45, 2.75) is 44.2 Å². The van der Waals surface area contributed by atoms with E-state index in [4.69, 9.17) is 27.9 Å². The van der Waals surface area contributed by atoms with Gasteiger partial charge >= 0.3 is 5.97 Å². The van der Waals surface area contributed by atoms with Crippen LogP contribution < -0.4 is 0 Å². The van der Waals surface area contributed by atoms with Crippen molar-refractivity contribution >= 4 is 35.1 Å². The van der Waals surface area contributed by atoms with Crippen LogP contribution in [0.4, 0.5) is 0 Å². The van der Waals surface area contributed by atoms with Crippen molar-refractivity contribution in [3.8, 4) is 0 Å². The second kappa shape index (κ2) is 10.5. The minimum absolute atomic E-state index is 0.118. The quantitative estimate of drug-likeness (QED) is 0.555. The average molecular weight is 464 g/mol. The lowest BCUT2D eigenvalue weighted by atomic mass is 9.74. The van der Waals surface area contributed by atoms with Crippen LogP contribution in [-0.4, -0.2) is 41.6 Å². The summed E-state index contributed by atoms with van der Waals surface area (Å²) < 4.78 is 5.42. The number of carboxylic acids is 1. The third-order valence-electron chi connectivity index (χ3n) is 5.96. The van der Waals surface area contributed by atoms with Crippen molar-refractivity contribution in [1.29, 1.82) is 0 Å². The number of carbonyl (C=O) groups excluding carboxylic acids is 1. The zero-order valence-electron chi connectivity index (χ0n) is 17.6. The van der Waals surface area contributed by atoms with E-state index in [1.807, 2.05) is 60.4 Å². The minimum Gasteiger partial charge on any atom is -0.481 e. The van der Waals surface area contributed by atoms with Gasteiger partial charge in [0.25, 0.3) is 0 Å². The van der Waals surface area contributed by atoms with Gasteiger partial charge in [0.2, 0.25) is 5.91 Å². The van der Waals surface area contributed by atoms with E-state index in [9.17, 15) is 14.7 Å². The van der Waals surface area contributed by atoms with E-state index in [0.29, 0.717) is 29.5 Å². The summed E-state index contributed by atoms with van der Waals surface area (Å²) >= 11 is 12.4. The molecule has 1 unspecified atom stereocenters. The van der Waals surface area contributed by atoms with Gasteiger partial charge in [0, 0.05) is 29.0 Å². The predicted molar refractivity (Wildman–Crippen MR) is 122 cm³/mol. The molecule has 1 heterocycles. The molecule has 1 aliphatic rings. The summed E-state index contributed by atoms with van der Waals surface area (Å²) in [6.07, 6.45) is 0.910. The number of likely N-dealkylation sites (tertiary alicyclic amines) is 1. The molecule has 166 valence electrons. The number of carbonyl (C=O) groups is 2. The van der Waals surface area contributed by atoms with Crippen LogP contribution in [0.1, 0.15) is 49.3 Å². The lowest BCUT2D eigenvalue weighted by Gasteiger charge is -2.48. The molecule has 0 radical (unpaired) electrons. The van der Waals surface area contributed by atoms with Crippen molar-refractivity contribution in [3.05, 3.63) is 69.7 Å². The zero-order valence-corrected chi connectivity index (χ0v) is 19.1. The van der Waals surface area contributed by atoms with Crippen LogP contribution >= 0.6 is 23.2 Å². The number of ether oxygens (including phenoxy) is 1. The van der Waals surface area contributed by atoms with Crippen molar-refractivity contribution in [2.24, 2.45) is 5.92 Å². The first-order valence-corrected chi connectivity index (χ1v) is 11.1. The molecule has 1 N–H and O–H groups in total. The molecule has 3 rings (SSSR count). The summed E-state index contributed by atoms with van der Waals surface area (Å²) in [6, 6.07) is 14.6. The monoisotopic (exact) mass is 463 g/mol. The molecule has 1 amide bonds. The molecule has 0 aromatic heterocycles. The summed E-state index contributed by atoms with van der Waals surface area (Å²) in [6.45, 7) is 2.37. The lowest BCUT2D eigenvalue weighted by Crippen LogP contribution is -2.53. The second-order valence-corrected chi connectivity index (χ2v) is 8.82. The molecule has 0 aliphatic carbocycles. The Morgan fingerprint density at radius 3 is 2.45 bits per heavy atom. The van der Waals surface area contributed by atoms with Gasteiger partial charge in [-0.25, -0.2) is 0 Å². The van der Waals surface area contributed by atoms with Crippen molar-refractivity contribution < 1.29 is 19.4 Å². The van der Waals surface area contributed by atoms with E-state index in [0.717, 1.165) is 11.1 Å². The molecular formula is C24H27Cl2NO4. The summed E-state index contributed by atoms with van der Waals surface area (Å²) in [5.74, 6) is -1.86. The van der Waals surface area contributed by atoms with Crippen LogP contribution in [0.5, 0.6) is 0 Å². The van der Waals surface area contributed by atoms with E-state index in [1.165, 1.54) is 0 Å². The van der Waals surface area contributed by atoms with Crippen molar-refractivity contribution in [2.75, 3.05) is 13.7 Å². The van der Waals surface area contributed by atoms with E-state index >= 15 is 0 Å². The van der Waals surface area contributed by atoms with Crippen LogP contribution in [0.25, 0.3) is 0 Å². The molecule has 1 fully saturated rings. The molecule has 31 heavy (non-hydrogen) atoms. The number of aliphatic carboxylic acids is 1. The standard InChI is InChI=1S/C24H27Cl2NO4/c1-3-20(14-31-2)27-23(15-7-9-18(25)10-8-15)21(16-5-4-6-19(26)11-16)12-17(24(27)30)13-22(28)29/h4-11,17,20-21,23H,3,12-14H2,1-2H3,(H,28,29)/t17-,20?,21+,23+/m0/s1. The molecule has 0 bridgehead atoms. The normalized spacial score (nSPS) is 22.4. The maximum absolute atomic E-state index is 13.6. The van der Waals surface area contributed by atoms with Gasteiger partial charge in [-0.3, -0.25) is 9.59 Å². The smallest absolute Gasteiger partial charge is 0.304 e. The first kappa shape index (κ1) is 23.6. The number of methoxy groups -OCH3 is 1. The van der Waals surface area contributed by atoms with E-state index in [2.05, 4.69) is 0 Å². The SMILES string of the molecule is CCC(COC)N1C(=O)[C@H](CC(=O)O)C[C@H](c2cccc(Cl)c2)[C@H]1c1ccc(Cl)cc1. The number of halogens is 2. The molecule has 4 atom stereocenters. The number of benzene rings is 2. The fourth-order valence-electron chi connectivity index (χ4n) is 4.56. The first-order chi connectivity index (χ1) is 14.8. The van der Waals surface area contributed by atoms with Crippen molar-refractivity contribution in [1.82, 2.24) is 4.90 Å². The van der Waals surface area contributed by atoms with Gasteiger partial charge in [-0.15, -0.1) is 0 Å². The Bertz CT molecular complexity index is 918. The molecular weight excluding hydrogens is 437 g/mol. The minimum atomic E-state index is -0.979. The van der Waals surface area contributed by atoms with Gasteiger partial charge in [0.1, 0.15) is 0 Å². The van der Waals surface area contributed by atoms with Gasteiger partial charge in [-0.2, -0.15) is 0 Å². The van der Waals surface area contributed by atoms with Crippen LogP contribution in [0.15, 0.2) is 48.5 Å². The maximum atomic E-state index is 13.6. The fourth-order valence-corrected chi connectivity index (χ4v) is 4.89. The third-order valence-corrected chi connectivity index (χ3v) is 6.44. The molecule has 0 saturated carbocycles. The molecule has 7 heteroatoms. The topological polar surface area (TPSA) is 66.8 Å². The Morgan fingerprint density at radius 1 is 1.16 bits per heavy atom. The Kier molecular flexibility index (Phi) is 7.98. The molecule has 1 aliphatic heterocycles. The highest BCUT2D eigenvalue weighted by Crippen LogP contribution is 2.47. The number of amides is 1. The van der Waals surface area contributed by atoms with Crippen molar-refractivity contribution in [3.63, 3.8) is 0 Å². The number of piperidine rings is 1. The van der Waals surface area contributed by atoms with Gasteiger partial charge < -0.3 is 14.7 Å². The highest BCUT2D eigenvalue weighted by Gasteiger charge is 2.46. The molecule has 2 aromatic carbocycles. The maximum Gasteiger partial charge on any atom is 0.304 e. The summed E-state index contributed by atoms with van der Waals surface area (Å²) in [4.78, 5) is 27.0. The number of rotatable bonds is 8. The van der Waals surface area contributed by atoms with Crippen LogP contribution in [0.2, 0.25) is 10.0 Å². The zero-order chi connectivity index (χ0) is 22.5. The molecule has 1 saturated heterocycles. The number of carboxylic acid groups (broad SMARTS) is 1. The number of nitrogens with zero attached hydrogens (tertiary/aromatic N) is 1. The van der Waals surface area contributed by atoms with Gasteiger partial charge in [-0.05, 0) is 48.2 Å². The van der Waals surface area contributed by atoms with Gasteiger partial charge in [0.05, 0.1) is 25.1 Å². The number of hydrogen-bond donors (Lipinski definition) is 1. The van der Waals surface area contributed by atoms with Gasteiger partial charge in [0.15, 0.2) is 0 Å².